The molecule has 2 aliphatic rings. The third-order valence-corrected chi connectivity index (χ3v) is 5.29. The first kappa shape index (κ1) is 15.1. The van der Waals surface area contributed by atoms with Crippen molar-refractivity contribution in [1.29, 1.82) is 0 Å². The Hall–Kier alpha value is -0.860. The van der Waals surface area contributed by atoms with Crippen molar-refractivity contribution in [2.75, 3.05) is 19.6 Å². The summed E-state index contributed by atoms with van der Waals surface area (Å²) in [7, 11) is 0. The van der Waals surface area contributed by atoms with Crippen LogP contribution in [0.2, 0.25) is 0 Å². The second kappa shape index (κ2) is 6.50. The van der Waals surface area contributed by atoms with E-state index >= 15 is 0 Å². The molecule has 2 heteroatoms. The van der Waals surface area contributed by atoms with Crippen LogP contribution in [0.5, 0.6) is 0 Å². The molecule has 0 amide bonds. The summed E-state index contributed by atoms with van der Waals surface area (Å²) >= 11 is 0. The molecule has 3 unspecified atom stereocenters. The second-order valence-corrected chi connectivity index (χ2v) is 7.39. The molecule has 0 aliphatic carbocycles. The highest BCUT2D eigenvalue weighted by Crippen LogP contribution is 2.34. The molecule has 2 fully saturated rings. The van der Waals surface area contributed by atoms with Crippen molar-refractivity contribution >= 4 is 0 Å². The number of hydrogen-bond donors (Lipinski definition) is 0. The first-order valence-corrected chi connectivity index (χ1v) is 8.70. The van der Waals surface area contributed by atoms with Crippen LogP contribution in [0, 0.1) is 5.92 Å². The average Bonchev–Trinajstić information content (AvgIpc) is 2.93. The highest BCUT2D eigenvalue weighted by molar-refractivity contribution is 5.21. The molecule has 1 aromatic carbocycles. The highest BCUT2D eigenvalue weighted by atomic mass is 15.3. The lowest BCUT2D eigenvalue weighted by Gasteiger charge is -2.47. The van der Waals surface area contributed by atoms with Gasteiger partial charge < -0.3 is 0 Å². The fourth-order valence-electron chi connectivity index (χ4n) is 4.32. The minimum absolute atomic E-state index is 0.578. The summed E-state index contributed by atoms with van der Waals surface area (Å²) < 4.78 is 0. The summed E-state index contributed by atoms with van der Waals surface area (Å²) in [6.45, 7) is 10.9. The van der Waals surface area contributed by atoms with Crippen LogP contribution in [-0.2, 0) is 0 Å². The van der Waals surface area contributed by atoms with Crippen molar-refractivity contribution in [3.63, 3.8) is 0 Å². The maximum atomic E-state index is 2.79. The molecule has 0 saturated carbocycles. The molecule has 0 radical (unpaired) electrons. The quantitative estimate of drug-likeness (QED) is 0.827. The van der Waals surface area contributed by atoms with Crippen molar-refractivity contribution in [2.24, 2.45) is 5.92 Å². The summed E-state index contributed by atoms with van der Waals surface area (Å²) in [5.41, 5.74) is 1.50. The van der Waals surface area contributed by atoms with E-state index in [2.05, 4.69) is 60.9 Å². The van der Waals surface area contributed by atoms with E-state index in [-0.39, 0.29) is 0 Å². The van der Waals surface area contributed by atoms with E-state index in [0.29, 0.717) is 12.1 Å². The number of hydrogen-bond acceptors (Lipinski definition) is 2. The molecule has 3 atom stereocenters. The van der Waals surface area contributed by atoms with Crippen LogP contribution in [0.25, 0.3) is 0 Å². The Morgan fingerprint density at radius 3 is 2.57 bits per heavy atom. The molecule has 3 rings (SSSR count). The van der Waals surface area contributed by atoms with Crippen molar-refractivity contribution < 1.29 is 0 Å². The third kappa shape index (κ3) is 3.32. The largest absolute Gasteiger partial charge is 0.297 e. The molecular formula is C19H30N2. The van der Waals surface area contributed by atoms with Gasteiger partial charge in [-0.1, -0.05) is 44.2 Å². The van der Waals surface area contributed by atoms with Crippen LogP contribution in [0.4, 0.5) is 0 Å². The SMILES string of the molecule is CC(C)CC(C)N1CC2CCCN2CC1c1ccccc1. The zero-order chi connectivity index (χ0) is 14.8. The molecule has 2 aliphatic heterocycles. The lowest BCUT2D eigenvalue weighted by atomic mass is 9.95. The molecular weight excluding hydrogens is 256 g/mol. The van der Waals surface area contributed by atoms with E-state index in [4.69, 9.17) is 0 Å². The Morgan fingerprint density at radius 2 is 1.86 bits per heavy atom. The first-order valence-electron chi connectivity index (χ1n) is 8.70. The van der Waals surface area contributed by atoms with E-state index in [1.807, 2.05) is 0 Å². The van der Waals surface area contributed by atoms with E-state index in [9.17, 15) is 0 Å². The fourth-order valence-corrected chi connectivity index (χ4v) is 4.32. The van der Waals surface area contributed by atoms with Crippen LogP contribution in [0.3, 0.4) is 0 Å². The van der Waals surface area contributed by atoms with Gasteiger partial charge in [0, 0.05) is 31.2 Å². The maximum Gasteiger partial charge on any atom is 0.0478 e. The zero-order valence-electron chi connectivity index (χ0n) is 13.8. The smallest absolute Gasteiger partial charge is 0.0478 e. The van der Waals surface area contributed by atoms with Crippen molar-refractivity contribution in [2.45, 2.75) is 58.2 Å². The third-order valence-electron chi connectivity index (χ3n) is 5.29. The second-order valence-electron chi connectivity index (χ2n) is 7.39. The van der Waals surface area contributed by atoms with Gasteiger partial charge in [-0.05, 0) is 44.2 Å². The summed E-state index contributed by atoms with van der Waals surface area (Å²) in [5.74, 6) is 0.776. The fraction of sp³-hybridized carbons (Fsp3) is 0.684. The van der Waals surface area contributed by atoms with Crippen LogP contribution in [0.15, 0.2) is 30.3 Å². The van der Waals surface area contributed by atoms with Crippen LogP contribution in [-0.4, -0.2) is 41.5 Å². The number of piperazine rings is 1. The summed E-state index contributed by atoms with van der Waals surface area (Å²) in [6, 6.07) is 13.2. The number of nitrogens with zero attached hydrogens (tertiary/aromatic N) is 2. The molecule has 0 bridgehead atoms. The minimum atomic E-state index is 0.578. The molecule has 2 saturated heterocycles. The molecule has 21 heavy (non-hydrogen) atoms. The summed E-state index contributed by atoms with van der Waals surface area (Å²) in [6.07, 6.45) is 4.08. The Kier molecular flexibility index (Phi) is 4.66. The summed E-state index contributed by atoms with van der Waals surface area (Å²) in [4.78, 5) is 5.53. The molecule has 0 spiro atoms. The predicted octanol–water partition coefficient (Wildman–Crippen LogP) is 3.94. The van der Waals surface area contributed by atoms with E-state index < -0.39 is 0 Å². The molecule has 2 nitrogen and oxygen atoms in total. The van der Waals surface area contributed by atoms with Gasteiger partial charge in [0.05, 0.1) is 0 Å². The van der Waals surface area contributed by atoms with Crippen molar-refractivity contribution in [3.8, 4) is 0 Å². The van der Waals surface area contributed by atoms with E-state index in [0.717, 1.165) is 12.0 Å². The summed E-state index contributed by atoms with van der Waals surface area (Å²) in [5, 5.41) is 0. The monoisotopic (exact) mass is 286 g/mol. The first-order chi connectivity index (χ1) is 10.1. The van der Waals surface area contributed by atoms with Gasteiger partial charge in [-0.25, -0.2) is 0 Å². The van der Waals surface area contributed by atoms with Gasteiger partial charge in [0.2, 0.25) is 0 Å². The van der Waals surface area contributed by atoms with E-state index in [1.165, 1.54) is 44.5 Å². The van der Waals surface area contributed by atoms with Gasteiger partial charge in [-0.3, -0.25) is 9.80 Å². The molecule has 0 aromatic heterocycles. The van der Waals surface area contributed by atoms with Gasteiger partial charge in [0.1, 0.15) is 0 Å². The molecule has 2 heterocycles. The number of benzene rings is 1. The Bertz CT molecular complexity index is 442. The number of rotatable bonds is 4. The van der Waals surface area contributed by atoms with Crippen LogP contribution in [0.1, 0.15) is 51.6 Å². The van der Waals surface area contributed by atoms with Gasteiger partial charge in [-0.15, -0.1) is 0 Å². The highest BCUT2D eigenvalue weighted by Gasteiger charge is 2.38. The van der Waals surface area contributed by atoms with Gasteiger partial charge in [-0.2, -0.15) is 0 Å². The minimum Gasteiger partial charge on any atom is -0.297 e. The normalized spacial score (nSPS) is 28.8. The molecule has 0 N–H and O–H groups in total. The Morgan fingerprint density at radius 1 is 1.10 bits per heavy atom. The van der Waals surface area contributed by atoms with Crippen molar-refractivity contribution in [1.82, 2.24) is 9.80 Å². The lowest BCUT2D eigenvalue weighted by Crippen LogP contribution is -2.54. The predicted molar refractivity (Wildman–Crippen MR) is 89.4 cm³/mol. The van der Waals surface area contributed by atoms with Crippen molar-refractivity contribution in [3.05, 3.63) is 35.9 Å². The Balaban J connectivity index is 1.82. The van der Waals surface area contributed by atoms with Crippen LogP contribution >= 0.6 is 0 Å². The molecule has 116 valence electrons. The van der Waals surface area contributed by atoms with Gasteiger partial charge in [0.15, 0.2) is 0 Å². The van der Waals surface area contributed by atoms with Crippen LogP contribution < -0.4 is 0 Å². The Labute approximate surface area is 130 Å². The maximum absolute atomic E-state index is 2.79. The number of fused-ring (bicyclic) bond motifs is 1. The lowest BCUT2D eigenvalue weighted by molar-refractivity contribution is 0.0182. The van der Waals surface area contributed by atoms with Gasteiger partial charge in [0.25, 0.3) is 0 Å². The van der Waals surface area contributed by atoms with Gasteiger partial charge >= 0.3 is 0 Å². The topological polar surface area (TPSA) is 6.48 Å². The average molecular weight is 286 g/mol. The standard InChI is InChI=1S/C19H30N2/c1-15(2)12-16(3)21-13-18-10-7-11-20(18)14-19(21)17-8-5-4-6-9-17/h4-6,8-9,15-16,18-19H,7,10-14H2,1-3H3. The zero-order valence-corrected chi connectivity index (χ0v) is 13.8. The molecule has 1 aromatic rings. The van der Waals surface area contributed by atoms with E-state index in [1.54, 1.807) is 0 Å².